The first-order valence-electron chi connectivity index (χ1n) is 6.68. The summed E-state index contributed by atoms with van der Waals surface area (Å²) in [6.07, 6.45) is 9.95. The molecular formula is C14H17N7. The first kappa shape index (κ1) is 13.3. The number of nitrogens with two attached hydrogens (primary N) is 1. The molecule has 0 atom stereocenters. The van der Waals surface area contributed by atoms with Gasteiger partial charge >= 0.3 is 0 Å². The molecule has 7 heteroatoms. The molecule has 3 heterocycles. The first-order valence-corrected chi connectivity index (χ1v) is 6.68. The molecule has 7 nitrogen and oxygen atoms in total. The van der Waals surface area contributed by atoms with Gasteiger partial charge in [0.25, 0.3) is 0 Å². The fraction of sp³-hybridized carbons (Fsp3) is 0.214. The van der Waals surface area contributed by atoms with Crippen molar-refractivity contribution >= 4 is 17.3 Å². The number of hydrazine groups is 1. The lowest BCUT2D eigenvalue weighted by Crippen LogP contribution is -2.23. The van der Waals surface area contributed by atoms with Gasteiger partial charge in [-0.25, -0.2) is 15.8 Å². The van der Waals surface area contributed by atoms with Crippen LogP contribution >= 0.6 is 0 Å². The number of pyridine rings is 1. The Morgan fingerprint density at radius 1 is 1.29 bits per heavy atom. The maximum Gasteiger partial charge on any atom is 0.180 e. The number of nitrogens with one attached hydrogen (secondary N) is 1. The SMILES string of the molecule is CN(CCc1ccncc1)c1nc(NN)cn2ccnc12. The number of likely N-dealkylation sites (N-methyl/N-ethyl adjacent to an activating group) is 1. The number of nitrogen functional groups attached to an aromatic ring is 1. The molecule has 0 amide bonds. The van der Waals surface area contributed by atoms with Crippen LogP contribution in [0.5, 0.6) is 0 Å². The molecule has 0 saturated carbocycles. The molecule has 3 rings (SSSR count). The van der Waals surface area contributed by atoms with Crippen molar-refractivity contribution < 1.29 is 0 Å². The third kappa shape index (κ3) is 2.77. The smallest absolute Gasteiger partial charge is 0.180 e. The van der Waals surface area contributed by atoms with Gasteiger partial charge < -0.3 is 14.7 Å². The summed E-state index contributed by atoms with van der Waals surface area (Å²) < 4.78 is 1.90. The largest absolute Gasteiger partial charge is 0.356 e. The van der Waals surface area contributed by atoms with Crippen molar-refractivity contribution in [1.29, 1.82) is 0 Å². The van der Waals surface area contributed by atoms with Crippen molar-refractivity contribution in [1.82, 2.24) is 19.4 Å². The van der Waals surface area contributed by atoms with E-state index in [0.29, 0.717) is 5.82 Å². The molecule has 0 aliphatic heterocycles. The average Bonchev–Trinajstić information content (AvgIpc) is 3.01. The molecule has 3 N–H and O–H groups in total. The van der Waals surface area contributed by atoms with Crippen LogP contribution in [0.3, 0.4) is 0 Å². The second-order valence-corrected chi connectivity index (χ2v) is 4.78. The number of anilines is 2. The number of hydrogen-bond donors (Lipinski definition) is 2. The summed E-state index contributed by atoms with van der Waals surface area (Å²) in [6, 6.07) is 4.04. The van der Waals surface area contributed by atoms with E-state index in [-0.39, 0.29) is 0 Å². The number of imidazole rings is 1. The van der Waals surface area contributed by atoms with E-state index in [2.05, 4.69) is 25.3 Å². The lowest BCUT2D eigenvalue weighted by Gasteiger charge is -2.19. The van der Waals surface area contributed by atoms with E-state index in [1.54, 1.807) is 18.6 Å². The van der Waals surface area contributed by atoms with E-state index >= 15 is 0 Å². The van der Waals surface area contributed by atoms with Crippen LogP contribution in [0, 0.1) is 0 Å². The molecule has 21 heavy (non-hydrogen) atoms. The lowest BCUT2D eigenvalue weighted by molar-refractivity contribution is 0.855. The highest BCUT2D eigenvalue weighted by atomic mass is 15.3. The van der Waals surface area contributed by atoms with E-state index in [9.17, 15) is 0 Å². The van der Waals surface area contributed by atoms with Crippen LogP contribution < -0.4 is 16.2 Å². The van der Waals surface area contributed by atoms with Crippen LogP contribution in [0.1, 0.15) is 5.56 Å². The Labute approximate surface area is 122 Å². The van der Waals surface area contributed by atoms with Crippen LogP contribution in [-0.4, -0.2) is 32.9 Å². The Kier molecular flexibility index (Phi) is 3.65. The topological polar surface area (TPSA) is 84.4 Å². The molecule has 0 unspecified atom stereocenters. The number of nitrogens with zero attached hydrogens (tertiary/aromatic N) is 5. The summed E-state index contributed by atoms with van der Waals surface area (Å²) in [4.78, 5) is 14.9. The monoisotopic (exact) mass is 283 g/mol. The third-order valence-corrected chi connectivity index (χ3v) is 3.35. The van der Waals surface area contributed by atoms with Gasteiger partial charge in [-0.2, -0.15) is 0 Å². The summed E-state index contributed by atoms with van der Waals surface area (Å²) in [6.45, 7) is 0.827. The van der Waals surface area contributed by atoms with Gasteiger partial charge in [0, 0.05) is 38.4 Å². The molecule has 0 aromatic carbocycles. The Balaban J connectivity index is 1.83. The van der Waals surface area contributed by atoms with Gasteiger partial charge in [-0.1, -0.05) is 0 Å². The fourth-order valence-electron chi connectivity index (χ4n) is 2.19. The minimum atomic E-state index is 0.603. The van der Waals surface area contributed by atoms with Crippen LogP contribution in [0.15, 0.2) is 43.1 Å². The maximum absolute atomic E-state index is 5.47. The zero-order valence-corrected chi connectivity index (χ0v) is 11.8. The van der Waals surface area contributed by atoms with Crippen molar-refractivity contribution in [2.24, 2.45) is 5.84 Å². The van der Waals surface area contributed by atoms with Gasteiger partial charge in [0.15, 0.2) is 17.3 Å². The molecule has 0 aliphatic carbocycles. The molecule has 0 saturated heterocycles. The fourth-order valence-corrected chi connectivity index (χ4v) is 2.19. The summed E-state index contributed by atoms with van der Waals surface area (Å²) >= 11 is 0. The van der Waals surface area contributed by atoms with Gasteiger partial charge in [0.05, 0.1) is 6.20 Å². The number of aromatic nitrogens is 4. The molecular weight excluding hydrogens is 266 g/mol. The van der Waals surface area contributed by atoms with E-state index in [1.165, 1.54) is 5.56 Å². The zero-order chi connectivity index (χ0) is 14.7. The van der Waals surface area contributed by atoms with Crippen LogP contribution in [0.2, 0.25) is 0 Å². The molecule has 0 bridgehead atoms. The average molecular weight is 283 g/mol. The van der Waals surface area contributed by atoms with Gasteiger partial charge in [-0.05, 0) is 24.1 Å². The highest BCUT2D eigenvalue weighted by Gasteiger charge is 2.11. The zero-order valence-electron chi connectivity index (χ0n) is 11.8. The lowest BCUT2D eigenvalue weighted by atomic mass is 10.2. The van der Waals surface area contributed by atoms with E-state index in [0.717, 1.165) is 24.4 Å². The van der Waals surface area contributed by atoms with Crippen molar-refractivity contribution in [3.8, 4) is 0 Å². The molecule has 3 aromatic heterocycles. The van der Waals surface area contributed by atoms with Crippen molar-refractivity contribution in [3.63, 3.8) is 0 Å². The summed E-state index contributed by atoms with van der Waals surface area (Å²) in [5.41, 5.74) is 4.63. The van der Waals surface area contributed by atoms with Crippen LogP contribution in [0.25, 0.3) is 5.65 Å². The van der Waals surface area contributed by atoms with Crippen LogP contribution in [0.4, 0.5) is 11.6 Å². The Bertz CT molecular complexity index is 723. The molecule has 0 radical (unpaired) electrons. The number of fused-ring (bicyclic) bond motifs is 1. The highest BCUT2D eigenvalue weighted by molar-refractivity contribution is 5.66. The predicted molar refractivity (Wildman–Crippen MR) is 82.0 cm³/mol. The normalized spacial score (nSPS) is 10.8. The summed E-state index contributed by atoms with van der Waals surface area (Å²) in [5.74, 6) is 6.87. The first-order chi connectivity index (χ1) is 10.3. The molecule has 108 valence electrons. The Morgan fingerprint density at radius 3 is 2.86 bits per heavy atom. The molecule has 0 aliphatic rings. The Hall–Kier alpha value is -2.67. The van der Waals surface area contributed by atoms with Gasteiger partial charge in [-0.3, -0.25) is 4.98 Å². The van der Waals surface area contributed by atoms with Crippen LogP contribution in [-0.2, 0) is 6.42 Å². The van der Waals surface area contributed by atoms with E-state index in [4.69, 9.17) is 5.84 Å². The minimum Gasteiger partial charge on any atom is -0.356 e. The minimum absolute atomic E-state index is 0.603. The molecule has 3 aromatic rings. The predicted octanol–water partition coefficient (Wildman–Crippen LogP) is 1.09. The van der Waals surface area contributed by atoms with Gasteiger partial charge in [0.2, 0.25) is 0 Å². The van der Waals surface area contributed by atoms with Gasteiger partial charge in [0.1, 0.15) is 0 Å². The van der Waals surface area contributed by atoms with E-state index in [1.807, 2.05) is 36.0 Å². The van der Waals surface area contributed by atoms with Crippen molar-refractivity contribution in [2.45, 2.75) is 6.42 Å². The summed E-state index contributed by atoms with van der Waals surface area (Å²) in [7, 11) is 2.00. The van der Waals surface area contributed by atoms with Crippen molar-refractivity contribution in [3.05, 3.63) is 48.7 Å². The second-order valence-electron chi connectivity index (χ2n) is 4.78. The molecule has 0 spiro atoms. The highest BCUT2D eigenvalue weighted by Crippen LogP contribution is 2.19. The van der Waals surface area contributed by atoms with Gasteiger partial charge in [-0.15, -0.1) is 0 Å². The quantitative estimate of drug-likeness (QED) is 0.538. The number of rotatable bonds is 5. The maximum atomic E-state index is 5.47. The number of hydrogen-bond acceptors (Lipinski definition) is 6. The third-order valence-electron chi connectivity index (χ3n) is 3.35. The standard InChI is InChI=1S/C14H17N7/c1-20(8-4-11-2-5-16-6-3-11)14-13-17-7-9-21(13)10-12(18-14)19-15/h2-3,5-7,9-10,19H,4,8,15H2,1H3. The Morgan fingerprint density at radius 2 is 2.10 bits per heavy atom. The second kappa shape index (κ2) is 5.76. The van der Waals surface area contributed by atoms with E-state index < -0.39 is 0 Å². The molecule has 0 fully saturated rings. The summed E-state index contributed by atoms with van der Waals surface area (Å²) in [5, 5.41) is 0. The van der Waals surface area contributed by atoms with Crippen molar-refractivity contribution in [2.75, 3.05) is 23.9 Å².